The number of carbonyl (C=O) groups is 1. The monoisotopic (exact) mass is 308 g/mol. The number of hydrazine groups is 1. The zero-order valence-corrected chi connectivity index (χ0v) is 12.1. The average molecular weight is 309 g/mol. The van der Waals surface area contributed by atoms with E-state index in [4.69, 9.17) is 21.1 Å². The van der Waals surface area contributed by atoms with E-state index in [2.05, 4.69) is 21.0 Å². The minimum absolute atomic E-state index is 0.265. The average Bonchev–Trinajstić information content (AvgIpc) is 2.53. The van der Waals surface area contributed by atoms with Crippen LogP contribution in [-0.4, -0.2) is 30.3 Å². The molecule has 7 nitrogen and oxygen atoms in total. The van der Waals surface area contributed by atoms with Crippen molar-refractivity contribution in [1.82, 2.24) is 15.6 Å². The summed E-state index contributed by atoms with van der Waals surface area (Å²) in [7, 11) is 3.00. The topological polar surface area (TPSA) is 85.4 Å². The van der Waals surface area contributed by atoms with Gasteiger partial charge in [-0.05, 0) is 30.3 Å². The zero-order valence-electron chi connectivity index (χ0n) is 11.4. The molecule has 0 fully saturated rings. The summed E-state index contributed by atoms with van der Waals surface area (Å²) < 4.78 is 10.2. The number of amides is 1. The highest BCUT2D eigenvalue weighted by molar-refractivity contribution is 6.29. The highest BCUT2D eigenvalue weighted by atomic mass is 35.5. The van der Waals surface area contributed by atoms with Gasteiger partial charge in [0.25, 0.3) is 5.91 Å². The molecule has 0 aliphatic rings. The summed E-state index contributed by atoms with van der Waals surface area (Å²) in [6, 6.07) is 8.06. The molecule has 2 aromatic rings. The number of benzene rings is 1. The molecule has 0 aliphatic heterocycles. The largest absolute Gasteiger partial charge is 0.497 e. The first-order chi connectivity index (χ1) is 10.1. The fourth-order valence-corrected chi connectivity index (χ4v) is 1.66. The van der Waals surface area contributed by atoms with Crippen molar-refractivity contribution >= 4 is 23.3 Å². The number of aromatic nitrogens is 2. The molecule has 0 atom stereocenters. The Morgan fingerprint density at radius 3 is 2.57 bits per heavy atom. The Bertz CT molecular complexity index is 634. The van der Waals surface area contributed by atoms with Gasteiger partial charge in [-0.15, -0.1) is 10.2 Å². The quantitative estimate of drug-likeness (QED) is 0.821. The van der Waals surface area contributed by atoms with Crippen molar-refractivity contribution in [2.24, 2.45) is 0 Å². The molecule has 1 heterocycles. The minimum Gasteiger partial charge on any atom is -0.497 e. The maximum atomic E-state index is 12.1. The van der Waals surface area contributed by atoms with Gasteiger partial charge in [-0.1, -0.05) is 11.6 Å². The van der Waals surface area contributed by atoms with E-state index in [-0.39, 0.29) is 5.15 Å². The predicted molar refractivity (Wildman–Crippen MR) is 77.7 cm³/mol. The van der Waals surface area contributed by atoms with Crippen LogP contribution in [0.3, 0.4) is 0 Å². The van der Waals surface area contributed by atoms with E-state index in [9.17, 15) is 4.79 Å². The molecule has 2 rings (SSSR count). The number of anilines is 1. The molecule has 1 aromatic heterocycles. The van der Waals surface area contributed by atoms with Crippen molar-refractivity contribution in [3.05, 3.63) is 41.0 Å². The SMILES string of the molecule is COc1ccc(OC)c(C(=O)NNc2ccc(Cl)nn2)c1. The maximum absolute atomic E-state index is 12.1. The highest BCUT2D eigenvalue weighted by Crippen LogP contribution is 2.23. The van der Waals surface area contributed by atoms with E-state index in [1.165, 1.54) is 14.2 Å². The van der Waals surface area contributed by atoms with Gasteiger partial charge in [0.05, 0.1) is 19.8 Å². The summed E-state index contributed by atoms with van der Waals surface area (Å²) in [6.45, 7) is 0. The zero-order chi connectivity index (χ0) is 15.2. The molecule has 1 amide bonds. The molecule has 0 radical (unpaired) electrons. The van der Waals surface area contributed by atoms with Gasteiger partial charge in [-0.25, -0.2) is 0 Å². The number of ether oxygens (including phenoxy) is 2. The van der Waals surface area contributed by atoms with Crippen LogP contribution in [0.15, 0.2) is 30.3 Å². The Kier molecular flexibility index (Phi) is 4.78. The molecule has 2 N–H and O–H groups in total. The van der Waals surface area contributed by atoms with E-state index in [0.717, 1.165) is 0 Å². The Morgan fingerprint density at radius 1 is 1.14 bits per heavy atom. The van der Waals surface area contributed by atoms with Crippen LogP contribution in [0.1, 0.15) is 10.4 Å². The third kappa shape index (κ3) is 3.73. The first-order valence-electron chi connectivity index (χ1n) is 5.91. The van der Waals surface area contributed by atoms with Crippen molar-refractivity contribution in [3.8, 4) is 11.5 Å². The number of halogens is 1. The van der Waals surface area contributed by atoms with Gasteiger partial charge >= 0.3 is 0 Å². The van der Waals surface area contributed by atoms with Gasteiger partial charge in [-0.3, -0.25) is 15.6 Å². The molecule has 0 aliphatic carbocycles. The second-order valence-corrected chi connectivity index (χ2v) is 4.27. The predicted octanol–water partition coefficient (Wildman–Crippen LogP) is 1.90. The van der Waals surface area contributed by atoms with Crippen molar-refractivity contribution in [2.45, 2.75) is 0 Å². The first-order valence-corrected chi connectivity index (χ1v) is 6.29. The number of nitrogens with one attached hydrogen (secondary N) is 2. The van der Waals surface area contributed by atoms with Crippen molar-refractivity contribution < 1.29 is 14.3 Å². The molecule has 8 heteroatoms. The van der Waals surface area contributed by atoms with Crippen LogP contribution in [0.4, 0.5) is 5.82 Å². The molecule has 110 valence electrons. The third-order valence-electron chi connectivity index (χ3n) is 2.59. The van der Waals surface area contributed by atoms with Crippen molar-refractivity contribution in [3.63, 3.8) is 0 Å². The van der Waals surface area contributed by atoms with E-state index in [1.807, 2.05) is 0 Å². The Labute approximate surface area is 126 Å². The van der Waals surface area contributed by atoms with Crippen LogP contribution >= 0.6 is 11.6 Å². The second-order valence-electron chi connectivity index (χ2n) is 3.89. The Hall–Kier alpha value is -2.54. The van der Waals surface area contributed by atoms with E-state index >= 15 is 0 Å². The van der Waals surface area contributed by atoms with E-state index in [1.54, 1.807) is 30.3 Å². The van der Waals surface area contributed by atoms with E-state index < -0.39 is 5.91 Å². The van der Waals surface area contributed by atoms with Crippen molar-refractivity contribution in [1.29, 1.82) is 0 Å². The fourth-order valence-electron chi connectivity index (χ4n) is 1.56. The molecular formula is C13H13ClN4O3. The molecule has 0 saturated carbocycles. The van der Waals surface area contributed by atoms with Crippen molar-refractivity contribution in [2.75, 3.05) is 19.6 Å². The summed E-state index contributed by atoms with van der Waals surface area (Å²) in [5, 5.41) is 7.67. The standard InChI is InChI=1S/C13H13ClN4O3/c1-20-8-3-4-10(21-2)9(7-8)13(19)18-17-12-6-5-11(14)15-16-12/h3-7H,1-2H3,(H,16,17)(H,18,19). The second kappa shape index (κ2) is 6.76. The van der Waals surface area contributed by atoms with Crippen LogP contribution in [0.2, 0.25) is 5.15 Å². The molecular weight excluding hydrogens is 296 g/mol. The van der Waals surface area contributed by atoms with Gasteiger partial charge in [0.1, 0.15) is 11.5 Å². The third-order valence-corrected chi connectivity index (χ3v) is 2.79. The number of rotatable bonds is 5. The lowest BCUT2D eigenvalue weighted by Crippen LogP contribution is -2.30. The van der Waals surface area contributed by atoms with Gasteiger partial charge in [0, 0.05) is 0 Å². The maximum Gasteiger partial charge on any atom is 0.273 e. The Balaban J connectivity index is 2.10. The fraction of sp³-hybridized carbons (Fsp3) is 0.154. The molecule has 0 spiro atoms. The smallest absolute Gasteiger partial charge is 0.273 e. The number of carbonyl (C=O) groups excluding carboxylic acids is 1. The Morgan fingerprint density at radius 2 is 1.95 bits per heavy atom. The van der Waals surface area contributed by atoms with Crippen LogP contribution in [0.25, 0.3) is 0 Å². The van der Waals surface area contributed by atoms with Crippen LogP contribution in [0.5, 0.6) is 11.5 Å². The van der Waals surface area contributed by atoms with Gasteiger partial charge in [0.2, 0.25) is 0 Å². The van der Waals surface area contributed by atoms with Crippen LogP contribution in [-0.2, 0) is 0 Å². The van der Waals surface area contributed by atoms with Gasteiger partial charge < -0.3 is 9.47 Å². The summed E-state index contributed by atoms with van der Waals surface area (Å²) in [5.74, 6) is 0.932. The van der Waals surface area contributed by atoms with Crippen LogP contribution < -0.4 is 20.3 Å². The number of hydrogen-bond donors (Lipinski definition) is 2. The highest BCUT2D eigenvalue weighted by Gasteiger charge is 2.13. The lowest BCUT2D eigenvalue weighted by atomic mass is 10.2. The minimum atomic E-state index is -0.400. The van der Waals surface area contributed by atoms with Gasteiger partial charge in [0.15, 0.2) is 11.0 Å². The summed E-state index contributed by atoms with van der Waals surface area (Å²) >= 11 is 5.62. The summed E-state index contributed by atoms with van der Waals surface area (Å²) in [4.78, 5) is 12.1. The van der Waals surface area contributed by atoms with Crippen LogP contribution in [0, 0.1) is 0 Å². The molecule has 1 aromatic carbocycles. The summed E-state index contributed by atoms with van der Waals surface area (Å²) in [5.41, 5.74) is 5.45. The summed E-state index contributed by atoms with van der Waals surface area (Å²) in [6.07, 6.45) is 0. The number of hydrogen-bond acceptors (Lipinski definition) is 6. The molecule has 0 unspecified atom stereocenters. The van der Waals surface area contributed by atoms with Gasteiger partial charge in [-0.2, -0.15) is 0 Å². The van der Waals surface area contributed by atoms with E-state index in [0.29, 0.717) is 22.9 Å². The first kappa shape index (κ1) is 14.9. The molecule has 0 bridgehead atoms. The number of nitrogens with zero attached hydrogens (tertiary/aromatic N) is 2. The molecule has 0 saturated heterocycles. The molecule has 21 heavy (non-hydrogen) atoms. The lowest BCUT2D eigenvalue weighted by Gasteiger charge is -2.11. The normalized spacial score (nSPS) is 9.86. The lowest BCUT2D eigenvalue weighted by molar-refractivity contribution is 0.0959. The number of methoxy groups -OCH3 is 2.